The zero-order valence-corrected chi connectivity index (χ0v) is 16.7. The Kier molecular flexibility index (Phi) is 5.16. The van der Waals surface area contributed by atoms with Crippen LogP contribution in [0, 0.1) is 13.8 Å². The molecule has 1 N–H and O–H groups in total. The summed E-state index contributed by atoms with van der Waals surface area (Å²) in [7, 11) is 0. The smallest absolute Gasteiger partial charge is 0.251 e. The molecule has 0 radical (unpaired) electrons. The van der Waals surface area contributed by atoms with Gasteiger partial charge in [-0.05, 0) is 43.2 Å². The van der Waals surface area contributed by atoms with Crippen LogP contribution in [0.15, 0.2) is 57.4 Å². The van der Waals surface area contributed by atoms with Crippen molar-refractivity contribution >= 4 is 16.7 Å². The summed E-state index contributed by atoms with van der Waals surface area (Å²) < 4.78 is 11.2. The van der Waals surface area contributed by atoms with E-state index < -0.39 is 0 Å². The van der Waals surface area contributed by atoms with Gasteiger partial charge >= 0.3 is 0 Å². The van der Waals surface area contributed by atoms with Crippen LogP contribution in [0.25, 0.3) is 22.2 Å². The third-order valence-electron chi connectivity index (χ3n) is 4.97. The second kappa shape index (κ2) is 7.91. The maximum Gasteiger partial charge on any atom is 0.251 e. The van der Waals surface area contributed by atoms with Crippen LogP contribution in [0.2, 0.25) is 0 Å². The molecule has 0 aliphatic carbocycles. The molecule has 6 heteroatoms. The minimum absolute atomic E-state index is 0.0551. The van der Waals surface area contributed by atoms with Crippen molar-refractivity contribution in [3.05, 3.63) is 71.5 Å². The fourth-order valence-electron chi connectivity index (χ4n) is 3.55. The first-order chi connectivity index (χ1) is 14.0. The van der Waals surface area contributed by atoms with E-state index in [0.717, 1.165) is 33.4 Å². The molecular formula is C23H23N3O3. The Morgan fingerprint density at radius 2 is 1.86 bits per heavy atom. The lowest BCUT2D eigenvalue weighted by atomic mass is 9.99. The van der Waals surface area contributed by atoms with Crippen LogP contribution >= 0.6 is 0 Å². The summed E-state index contributed by atoms with van der Waals surface area (Å²) in [6.07, 6.45) is 0.664. The minimum atomic E-state index is -0.0941. The van der Waals surface area contributed by atoms with E-state index >= 15 is 0 Å². The Balaban J connectivity index is 1.38. The number of carbonyl (C=O) groups is 1. The molecule has 29 heavy (non-hydrogen) atoms. The number of rotatable bonds is 6. The molecule has 0 aliphatic rings. The summed E-state index contributed by atoms with van der Waals surface area (Å²) in [6, 6.07) is 16.1. The van der Waals surface area contributed by atoms with E-state index in [2.05, 4.69) is 33.7 Å². The SMILES string of the molecule is Cc1cc(-c2nnc(CCC(=O)NC(C)c3cccc4ccccc34)o2)c(C)o1. The molecule has 0 fully saturated rings. The average Bonchev–Trinajstić information content (AvgIpc) is 3.31. The van der Waals surface area contributed by atoms with Crippen molar-refractivity contribution < 1.29 is 13.6 Å². The standard InChI is InChI=1S/C23H23N3O3/c1-14-13-20(16(3)28-14)23-26-25-22(29-23)12-11-21(27)24-15(2)18-10-6-8-17-7-4-5-9-19(17)18/h4-10,13,15H,11-12H2,1-3H3,(H,24,27). The number of nitrogens with zero attached hydrogens (tertiary/aromatic N) is 2. The van der Waals surface area contributed by atoms with E-state index in [-0.39, 0.29) is 18.4 Å². The molecule has 0 saturated carbocycles. The van der Waals surface area contributed by atoms with Crippen molar-refractivity contribution in [3.8, 4) is 11.5 Å². The molecule has 0 saturated heterocycles. The molecule has 1 unspecified atom stereocenters. The Bertz CT molecular complexity index is 1150. The highest BCUT2D eigenvalue weighted by atomic mass is 16.4. The summed E-state index contributed by atoms with van der Waals surface area (Å²) in [5, 5.41) is 13.5. The predicted molar refractivity (Wildman–Crippen MR) is 110 cm³/mol. The molecule has 2 heterocycles. The summed E-state index contributed by atoms with van der Waals surface area (Å²) in [5.74, 6) is 2.32. The van der Waals surface area contributed by atoms with E-state index in [4.69, 9.17) is 8.83 Å². The minimum Gasteiger partial charge on any atom is -0.466 e. The van der Waals surface area contributed by atoms with E-state index in [1.165, 1.54) is 0 Å². The molecule has 1 amide bonds. The fourth-order valence-corrected chi connectivity index (χ4v) is 3.55. The monoisotopic (exact) mass is 389 g/mol. The molecule has 2 aromatic carbocycles. The van der Waals surface area contributed by atoms with Gasteiger partial charge in [0.2, 0.25) is 11.8 Å². The number of amides is 1. The number of aryl methyl sites for hydroxylation is 3. The van der Waals surface area contributed by atoms with Gasteiger partial charge in [0, 0.05) is 12.8 Å². The highest BCUT2D eigenvalue weighted by Crippen LogP contribution is 2.26. The number of nitrogens with one attached hydrogen (secondary N) is 1. The number of benzene rings is 2. The Morgan fingerprint density at radius 1 is 1.07 bits per heavy atom. The van der Waals surface area contributed by atoms with Crippen LogP contribution in [0.3, 0.4) is 0 Å². The summed E-state index contributed by atoms with van der Waals surface area (Å²) in [5.41, 5.74) is 1.89. The first kappa shape index (κ1) is 18.9. The number of fused-ring (bicyclic) bond motifs is 1. The predicted octanol–water partition coefficient (Wildman–Crippen LogP) is 4.91. The van der Waals surface area contributed by atoms with E-state index in [9.17, 15) is 4.79 Å². The maximum absolute atomic E-state index is 12.5. The molecule has 0 aliphatic heterocycles. The van der Waals surface area contributed by atoms with E-state index in [1.54, 1.807) is 0 Å². The lowest BCUT2D eigenvalue weighted by molar-refractivity contribution is -0.121. The van der Waals surface area contributed by atoms with Gasteiger partial charge in [-0.2, -0.15) is 0 Å². The van der Waals surface area contributed by atoms with Crippen molar-refractivity contribution in [2.75, 3.05) is 0 Å². The van der Waals surface area contributed by atoms with Gasteiger partial charge in [-0.3, -0.25) is 4.79 Å². The lowest BCUT2D eigenvalue weighted by Crippen LogP contribution is -2.27. The number of hydrogen-bond acceptors (Lipinski definition) is 5. The number of carbonyl (C=O) groups excluding carboxylic acids is 1. The first-order valence-electron chi connectivity index (χ1n) is 9.68. The van der Waals surface area contributed by atoms with Crippen LogP contribution in [-0.2, 0) is 11.2 Å². The zero-order valence-electron chi connectivity index (χ0n) is 16.7. The van der Waals surface area contributed by atoms with Gasteiger partial charge in [-0.15, -0.1) is 10.2 Å². The molecule has 4 aromatic rings. The second-order valence-electron chi connectivity index (χ2n) is 7.19. The third-order valence-corrected chi connectivity index (χ3v) is 4.97. The van der Waals surface area contributed by atoms with Gasteiger partial charge in [0.05, 0.1) is 11.6 Å². The molecule has 4 rings (SSSR count). The number of hydrogen-bond donors (Lipinski definition) is 1. The highest BCUT2D eigenvalue weighted by molar-refractivity contribution is 5.86. The van der Waals surface area contributed by atoms with Crippen LogP contribution < -0.4 is 5.32 Å². The summed E-state index contributed by atoms with van der Waals surface area (Å²) in [4.78, 5) is 12.5. The Labute approximate surface area is 168 Å². The molecule has 2 aromatic heterocycles. The van der Waals surface area contributed by atoms with Crippen LogP contribution in [0.1, 0.15) is 42.4 Å². The van der Waals surface area contributed by atoms with Gasteiger partial charge in [0.15, 0.2) is 0 Å². The van der Waals surface area contributed by atoms with Crippen LogP contribution in [0.4, 0.5) is 0 Å². The van der Waals surface area contributed by atoms with Gasteiger partial charge in [-0.25, -0.2) is 0 Å². The Morgan fingerprint density at radius 3 is 2.66 bits per heavy atom. The average molecular weight is 389 g/mol. The Hall–Kier alpha value is -3.41. The molecule has 0 spiro atoms. The molecular weight excluding hydrogens is 366 g/mol. The van der Waals surface area contributed by atoms with Crippen molar-refractivity contribution in [1.82, 2.24) is 15.5 Å². The number of aromatic nitrogens is 2. The van der Waals surface area contributed by atoms with Gasteiger partial charge in [0.1, 0.15) is 11.5 Å². The van der Waals surface area contributed by atoms with Crippen molar-refractivity contribution in [2.24, 2.45) is 0 Å². The zero-order chi connectivity index (χ0) is 20.4. The van der Waals surface area contributed by atoms with Crippen molar-refractivity contribution in [1.29, 1.82) is 0 Å². The van der Waals surface area contributed by atoms with Crippen molar-refractivity contribution in [2.45, 2.75) is 39.7 Å². The molecule has 148 valence electrons. The maximum atomic E-state index is 12.5. The van der Waals surface area contributed by atoms with E-state index in [1.807, 2.05) is 51.1 Å². The first-order valence-corrected chi connectivity index (χ1v) is 9.68. The van der Waals surface area contributed by atoms with Gasteiger partial charge in [-0.1, -0.05) is 42.5 Å². The summed E-state index contributed by atoms with van der Waals surface area (Å²) in [6.45, 7) is 5.72. The lowest BCUT2D eigenvalue weighted by Gasteiger charge is -2.16. The topological polar surface area (TPSA) is 81.2 Å². The van der Waals surface area contributed by atoms with Crippen LogP contribution in [0.5, 0.6) is 0 Å². The fraction of sp³-hybridized carbons (Fsp3) is 0.261. The molecule has 0 bridgehead atoms. The van der Waals surface area contributed by atoms with Gasteiger partial charge < -0.3 is 14.2 Å². The van der Waals surface area contributed by atoms with E-state index in [0.29, 0.717) is 18.2 Å². The largest absolute Gasteiger partial charge is 0.466 e. The quantitative estimate of drug-likeness (QED) is 0.507. The number of furan rings is 1. The molecule has 1 atom stereocenters. The second-order valence-corrected chi connectivity index (χ2v) is 7.19. The third kappa shape index (κ3) is 4.06. The van der Waals surface area contributed by atoms with Crippen LogP contribution in [-0.4, -0.2) is 16.1 Å². The molecule has 6 nitrogen and oxygen atoms in total. The normalized spacial score (nSPS) is 12.2. The van der Waals surface area contributed by atoms with Gasteiger partial charge in [0.25, 0.3) is 5.89 Å². The van der Waals surface area contributed by atoms with Crippen molar-refractivity contribution in [3.63, 3.8) is 0 Å². The highest BCUT2D eigenvalue weighted by Gasteiger charge is 2.16. The summed E-state index contributed by atoms with van der Waals surface area (Å²) >= 11 is 0.